The Hall–Kier alpha value is -2.83. The minimum atomic E-state index is -0.670. The number of rotatable bonds is 5. The second-order valence-electron chi connectivity index (χ2n) is 4.20. The highest BCUT2D eigenvalue weighted by Gasteiger charge is 2.09. The van der Waals surface area contributed by atoms with Crippen LogP contribution in [0.1, 0.15) is 17.4 Å². The molecule has 1 aromatic heterocycles. The highest BCUT2D eigenvalue weighted by atomic mass is 19.1. The number of nitrogens with one attached hydrogen (secondary N) is 1. The molecule has 0 radical (unpaired) electrons. The minimum absolute atomic E-state index is 0.0677. The third kappa shape index (κ3) is 3.38. The molecule has 2 rings (SSSR count). The monoisotopic (exact) mass is 290 g/mol. The van der Waals surface area contributed by atoms with E-state index in [0.717, 1.165) is 0 Å². The fourth-order valence-electron chi connectivity index (χ4n) is 1.70. The van der Waals surface area contributed by atoms with E-state index in [0.29, 0.717) is 18.0 Å². The Morgan fingerprint density at radius 2 is 2.14 bits per heavy atom. The van der Waals surface area contributed by atoms with Gasteiger partial charge in [0.25, 0.3) is 5.91 Å². The molecule has 0 aliphatic rings. The molecule has 0 fully saturated rings. The second-order valence-corrected chi connectivity index (χ2v) is 4.20. The third-order valence-electron chi connectivity index (χ3n) is 2.67. The Balaban J connectivity index is 2.27. The molecule has 0 aliphatic heterocycles. The number of pyridine rings is 1. The number of carbonyl (C=O) groups is 1. The maximum Gasteiger partial charge on any atom is 0.267 e. The van der Waals surface area contributed by atoms with Gasteiger partial charge in [-0.05, 0) is 31.2 Å². The van der Waals surface area contributed by atoms with E-state index in [1.807, 2.05) is 0 Å². The van der Waals surface area contributed by atoms with Crippen LogP contribution in [0.3, 0.4) is 0 Å². The number of primary amides is 1. The van der Waals surface area contributed by atoms with E-state index in [-0.39, 0.29) is 17.3 Å². The molecule has 0 spiro atoms. The molecule has 1 aromatic carbocycles. The van der Waals surface area contributed by atoms with Gasteiger partial charge in [-0.2, -0.15) is 0 Å². The molecular formula is C14H15FN4O2. The summed E-state index contributed by atoms with van der Waals surface area (Å²) >= 11 is 0. The van der Waals surface area contributed by atoms with Gasteiger partial charge < -0.3 is 21.5 Å². The first-order valence-corrected chi connectivity index (χ1v) is 6.27. The zero-order chi connectivity index (χ0) is 15.4. The summed E-state index contributed by atoms with van der Waals surface area (Å²) in [6, 6.07) is 7.28. The van der Waals surface area contributed by atoms with Gasteiger partial charge in [-0.3, -0.25) is 4.79 Å². The lowest BCUT2D eigenvalue weighted by atomic mass is 10.2. The number of hydrogen-bond acceptors (Lipinski definition) is 5. The lowest BCUT2D eigenvalue weighted by Crippen LogP contribution is -2.14. The van der Waals surface area contributed by atoms with E-state index < -0.39 is 11.7 Å². The van der Waals surface area contributed by atoms with Gasteiger partial charge in [0.2, 0.25) is 0 Å². The average Bonchev–Trinajstić information content (AvgIpc) is 2.44. The smallest absolute Gasteiger partial charge is 0.267 e. The molecule has 5 N–H and O–H groups in total. The van der Waals surface area contributed by atoms with Crippen molar-refractivity contribution in [3.63, 3.8) is 0 Å². The molecule has 0 unspecified atom stereocenters. The SMILES string of the molecule is CCOc1ccc(Nc2nc(C(N)=O)ccc2N)cc1F. The van der Waals surface area contributed by atoms with Crippen LogP contribution in [0.15, 0.2) is 30.3 Å². The molecule has 1 heterocycles. The molecule has 7 heteroatoms. The number of nitrogens with two attached hydrogens (primary N) is 2. The number of nitrogen functional groups attached to an aromatic ring is 1. The molecule has 0 saturated carbocycles. The summed E-state index contributed by atoms with van der Waals surface area (Å²) in [6.45, 7) is 2.14. The van der Waals surface area contributed by atoms with Gasteiger partial charge in [-0.15, -0.1) is 0 Å². The predicted molar refractivity (Wildman–Crippen MR) is 78.0 cm³/mol. The fourth-order valence-corrected chi connectivity index (χ4v) is 1.70. The Kier molecular flexibility index (Phi) is 4.22. The van der Waals surface area contributed by atoms with E-state index in [4.69, 9.17) is 16.2 Å². The number of carbonyl (C=O) groups excluding carboxylic acids is 1. The van der Waals surface area contributed by atoms with Crippen LogP contribution in [0.5, 0.6) is 5.75 Å². The largest absolute Gasteiger partial charge is 0.491 e. The van der Waals surface area contributed by atoms with E-state index in [1.54, 1.807) is 13.0 Å². The molecule has 110 valence electrons. The Morgan fingerprint density at radius 1 is 1.38 bits per heavy atom. The van der Waals surface area contributed by atoms with Crippen LogP contribution in [0.2, 0.25) is 0 Å². The highest BCUT2D eigenvalue weighted by molar-refractivity contribution is 5.92. The van der Waals surface area contributed by atoms with Crippen molar-refractivity contribution < 1.29 is 13.9 Å². The molecule has 0 bridgehead atoms. The first kappa shape index (κ1) is 14.6. The number of hydrogen-bond donors (Lipinski definition) is 3. The number of halogens is 1. The van der Waals surface area contributed by atoms with E-state index in [9.17, 15) is 9.18 Å². The van der Waals surface area contributed by atoms with Gasteiger partial charge >= 0.3 is 0 Å². The van der Waals surface area contributed by atoms with Crippen molar-refractivity contribution in [1.82, 2.24) is 4.98 Å². The summed E-state index contributed by atoms with van der Waals surface area (Å²) in [5.74, 6) is -0.785. The van der Waals surface area contributed by atoms with Crippen molar-refractivity contribution in [2.45, 2.75) is 6.92 Å². The summed E-state index contributed by atoms with van der Waals surface area (Å²) in [7, 11) is 0. The first-order chi connectivity index (χ1) is 10.0. The number of aromatic nitrogens is 1. The van der Waals surface area contributed by atoms with Crippen LogP contribution in [-0.2, 0) is 0 Å². The summed E-state index contributed by atoms with van der Waals surface area (Å²) in [4.78, 5) is 15.1. The average molecular weight is 290 g/mol. The number of nitrogens with zero attached hydrogens (tertiary/aromatic N) is 1. The topological polar surface area (TPSA) is 103 Å². The third-order valence-corrected chi connectivity index (χ3v) is 2.67. The zero-order valence-electron chi connectivity index (χ0n) is 11.4. The lowest BCUT2D eigenvalue weighted by Gasteiger charge is -2.11. The van der Waals surface area contributed by atoms with Crippen molar-refractivity contribution in [2.24, 2.45) is 5.73 Å². The van der Waals surface area contributed by atoms with Gasteiger partial charge in [-0.1, -0.05) is 0 Å². The van der Waals surface area contributed by atoms with Crippen molar-refractivity contribution in [3.8, 4) is 5.75 Å². The van der Waals surface area contributed by atoms with Gasteiger partial charge in [0, 0.05) is 11.8 Å². The molecule has 1 amide bonds. The maximum atomic E-state index is 13.8. The summed E-state index contributed by atoms with van der Waals surface area (Å²) in [5, 5.41) is 2.84. The summed E-state index contributed by atoms with van der Waals surface area (Å²) in [6.07, 6.45) is 0. The Morgan fingerprint density at radius 3 is 2.76 bits per heavy atom. The Bertz CT molecular complexity index is 676. The highest BCUT2D eigenvalue weighted by Crippen LogP contribution is 2.25. The van der Waals surface area contributed by atoms with Crippen LogP contribution < -0.4 is 21.5 Å². The molecular weight excluding hydrogens is 275 g/mol. The van der Waals surface area contributed by atoms with Crippen LogP contribution in [0.4, 0.5) is 21.6 Å². The molecule has 21 heavy (non-hydrogen) atoms. The number of ether oxygens (including phenoxy) is 1. The van der Waals surface area contributed by atoms with Crippen molar-refractivity contribution in [3.05, 3.63) is 41.8 Å². The van der Waals surface area contributed by atoms with E-state index >= 15 is 0 Å². The standard InChI is InChI=1S/C14H15FN4O2/c1-2-21-12-6-3-8(7-9(12)15)18-14-10(16)4-5-11(19-14)13(17)20/h3-7H,2,16H2,1H3,(H2,17,20)(H,18,19). The quantitative estimate of drug-likeness (QED) is 0.782. The molecule has 6 nitrogen and oxygen atoms in total. The fraction of sp³-hybridized carbons (Fsp3) is 0.143. The molecule has 0 aliphatic carbocycles. The molecule has 0 atom stereocenters. The minimum Gasteiger partial charge on any atom is -0.491 e. The van der Waals surface area contributed by atoms with Crippen molar-refractivity contribution in [2.75, 3.05) is 17.7 Å². The summed E-state index contributed by atoms with van der Waals surface area (Å²) < 4.78 is 18.9. The van der Waals surface area contributed by atoms with Gasteiger partial charge in [0.15, 0.2) is 17.4 Å². The number of anilines is 3. The van der Waals surface area contributed by atoms with Gasteiger partial charge in [0.1, 0.15) is 5.69 Å². The maximum absolute atomic E-state index is 13.8. The second kappa shape index (κ2) is 6.08. The Labute approximate surface area is 120 Å². The van der Waals surface area contributed by atoms with E-state index in [1.165, 1.54) is 24.3 Å². The van der Waals surface area contributed by atoms with Crippen molar-refractivity contribution >= 4 is 23.1 Å². The lowest BCUT2D eigenvalue weighted by molar-refractivity contribution is 0.0996. The summed E-state index contributed by atoms with van der Waals surface area (Å²) in [5.41, 5.74) is 11.7. The van der Waals surface area contributed by atoms with Crippen LogP contribution in [-0.4, -0.2) is 17.5 Å². The normalized spacial score (nSPS) is 10.2. The number of amides is 1. The van der Waals surface area contributed by atoms with Crippen LogP contribution in [0, 0.1) is 5.82 Å². The van der Waals surface area contributed by atoms with Gasteiger partial charge in [-0.25, -0.2) is 9.37 Å². The molecule has 2 aromatic rings. The predicted octanol–water partition coefficient (Wildman–Crippen LogP) is 2.04. The zero-order valence-corrected chi connectivity index (χ0v) is 11.4. The van der Waals surface area contributed by atoms with Crippen LogP contribution in [0.25, 0.3) is 0 Å². The van der Waals surface area contributed by atoms with E-state index in [2.05, 4.69) is 10.3 Å². The van der Waals surface area contributed by atoms with Crippen molar-refractivity contribution in [1.29, 1.82) is 0 Å². The molecule has 0 saturated heterocycles. The first-order valence-electron chi connectivity index (χ1n) is 6.27. The number of benzene rings is 1. The van der Waals surface area contributed by atoms with Crippen LogP contribution >= 0.6 is 0 Å². The van der Waals surface area contributed by atoms with Gasteiger partial charge in [0.05, 0.1) is 12.3 Å².